The number of benzene rings is 1. The Morgan fingerprint density at radius 2 is 1.86 bits per heavy atom. The fourth-order valence-electron chi connectivity index (χ4n) is 2.07. The topological polar surface area (TPSA) is 47.0 Å². The van der Waals surface area contributed by atoms with Crippen LogP contribution in [-0.2, 0) is 6.42 Å². The normalized spacial score (nSPS) is 10.8. The number of nitrogens with zero attached hydrogens (tertiary/aromatic N) is 2. The molecule has 0 spiro atoms. The fourth-order valence-corrected chi connectivity index (χ4v) is 2.90. The minimum Gasteiger partial charge on any atom is -0.497 e. The minimum absolute atomic E-state index is 0.337. The van der Waals surface area contributed by atoms with Crippen LogP contribution in [0.3, 0.4) is 0 Å². The molecular weight excluding hydrogens is 330 g/mol. The molecule has 1 aromatic carbocycles. The highest BCUT2D eigenvalue weighted by Crippen LogP contribution is 2.29. The quantitative estimate of drug-likeness (QED) is 0.885. The summed E-state index contributed by atoms with van der Waals surface area (Å²) in [5.41, 5.74) is 2.19. The number of rotatable bonds is 5. The molecule has 1 heterocycles. The van der Waals surface area contributed by atoms with Gasteiger partial charge < -0.3 is 10.1 Å². The van der Waals surface area contributed by atoms with Gasteiger partial charge in [0.2, 0.25) is 0 Å². The Balaban J connectivity index is 2.32. The maximum absolute atomic E-state index is 5.17. The Bertz CT molecular complexity index is 612. The first-order valence-corrected chi connectivity index (χ1v) is 7.71. The van der Waals surface area contributed by atoms with Crippen LogP contribution in [-0.4, -0.2) is 24.1 Å². The highest BCUT2D eigenvalue weighted by Gasteiger charge is 2.14. The molecule has 0 atom stereocenters. The van der Waals surface area contributed by atoms with Crippen molar-refractivity contribution in [3.8, 4) is 5.75 Å². The molecule has 112 valence electrons. The van der Waals surface area contributed by atoms with Gasteiger partial charge in [-0.1, -0.05) is 26.0 Å². The summed E-state index contributed by atoms with van der Waals surface area (Å²) in [5.74, 6) is 2.84. The Morgan fingerprint density at radius 3 is 2.38 bits per heavy atom. The van der Waals surface area contributed by atoms with Crippen molar-refractivity contribution in [2.45, 2.75) is 26.2 Å². The number of halogens is 1. The summed E-state index contributed by atoms with van der Waals surface area (Å²) < 4.78 is 6.12. The van der Waals surface area contributed by atoms with E-state index in [1.54, 1.807) is 7.11 Å². The van der Waals surface area contributed by atoms with Gasteiger partial charge in [-0.2, -0.15) is 0 Å². The van der Waals surface area contributed by atoms with Gasteiger partial charge in [0.25, 0.3) is 0 Å². The second kappa shape index (κ2) is 6.89. The number of ether oxygens (including phenoxy) is 1. The number of hydrogen-bond donors (Lipinski definition) is 1. The zero-order valence-electron chi connectivity index (χ0n) is 12.8. The molecule has 1 aromatic heterocycles. The number of methoxy groups -OCH3 is 1. The van der Waals surface area contributed by atoms with Gasteiger partial charge in [0.15, 0.2) is 0 Å². The van der Waals surface area contributed by atoms with Gasteiger partial charge in [0.05, 0.1) is 17.3 Å². The first kappa shape index (κ1) is 15.8. The van der Waals surface area contributed by atoms with Gasteiger partial charge >= 0.3 is 0 Å². The van der Waals surface area contributed by atoms with E-state index in [4.69, 9.17) is 4.74 Å². The Hall–Kier alpha value is -1.62. The van der Waals surface area contributed by atoms with E-state index in [9.17, 15) is 0 Å². The summed E-state index contributed by atoms with van der Waals surface area (Å²) in [6.45, 7) is 4.26. The van der Waals surface area contributed by atoms with Gasteiger partial charge in [-0.25, -0.2) is 9.97 Å². The minimum atomic E-state index is 0.337. The molecule has 0 saturated heterocycles. The van der Waals surface area contributed by atoms with Crippen molar-refractivity contribution >= 4 is 21.7 Å². The van der Waals surface area contributed by atoms with Crippen molar-refractivity contribution in [2.24, 2.45) is 0 Å². The molecular formula is C16H20BrN3O. The van der Waals surface area contributed by atoms with Gasteiger partial charge in [-0.05, 0) is 39.5 Å². The summed E-state index contributed by atoms with van der Waals surface area (Å²) in [6, 6.07) is 7.99. The van der Waals surface area contributed by atoms with E-state index >= 15 is 0 Å². The predicted molar refractivity (Wildman–Crippen MR) is 89.2 cm³/mol. The van der Waals surface area contributed by atoms with Crippen molar-refractivity contribution in [2.75, 3.05) is 19.5 Å². The SMILES string of the molecule is CNc1nc(Cc2ccc(OC)cc2)nc(C(C)C)c1Br. The summed E-state index contributed by atoms with van der Waals surface area (Å²) in [6.07, 6.45) is 0.700. The Labute approximate surface area is 134 Å². The molecule has 21 heavy (non-hydrogen) atoms. The number of nitrogens with one attached hydrogen (secondary N) is 1. The maximum Gasteiger partial charge on any atom is 0.144 e. The third kappa shape index (κ3) is 3.73. The highest BCUT2D eigenvalue weighted by atomic mass is 79.9. The van der Waals surface area contributed by atoms with Crippen LogP contribution >= 0.6 is 15.9 Å². The molecule has 1 N–H and O–H groups in total. The van der Waals surface area contributed by atoms with Crippen LogP contribution in [0.25, 0.3) is 0 Å². The number of aromatic nitrogens is 2. The van der Waals surface area contributed by atoms with E-state index in [0.29, 0.717) is 12.3 Å². The van der Waals surface area contributed by atoms with Crippen LogP contribution in [0.15, 0.2) is 28.7 Å². The van der Waals surface area contributed by atoms with Gasteiger partial charge in [0.1, 0.15) is 17.4 Å². The van der Waals surface area contributed by atoms with Crippen LogP contribution in [0.2, 0.25) is 0 Å². The number of hydrogen-bond acceptors (Lipinski definition) is 4. The molecule has 0 unspecified atom stereocenters. The zero-order chi connectivity index (χ0) is 15.4. The third-order valence-corrected chi connectivity index (χ3v) is 4.01. The molecule has 0 aliphatic rings. The van der Waals surface area contributed by atoms with E-state index < -0.39 is 0 Å². The van der Waals surface area contributed by atoms with Crippen molar-refractivity contribution in [1.82, 2.24) is 9.97 Å². The maximum atomic E-state index is 5.17. The highest BCUT2D eigenvalue weighted by molar-refractivity contribution is 9.10. The van der Waals surface area contributed by atoms with E-state index in [-0.39, 0.29) is 0 Å². The lowest BCUT2D eigenvalue weighted by Gasteiger charge is -2.13. The molecule has 2 aromatic rings. The summed E-state index contributed by atoms with van der Waals surface area (Å²) in [5, 5.41) is 3.12. The molecule has 4 nitrogen and oxygen atoms in total. The second-order valence-electron chi connectivity index (χ2n) is 5.12. The van der Waals surface area contributed by atoms with E-state index in [1.807, 2.05) is 31.3 Å². The molecule has 0 saturated carbocycles. The Kier molecular flexibility index (Phi) is 5.17. The molecule has 0 aliphatic heterocycles. The Morgan fingerprint density at radius 1 is 1.19 bits per heavy atom. The van der Waals surface area contributed by atoms with Crippen LogP contribution in [0, 0.1) is 0 Å². The average Bonchev–Trinajstić information content (AvgIpc) is 2.49. The van der Waals surface area contributed by atoms with Crippen molar-refractivity contribution in [3.63, 3.8) is 0 Å². The fraction of sp³-hybridized carbons (Fsp3) is 0.375. The molecule has 0 amide bonds. The zero-order valence-corrected chi connectivity index (χ0v) is 14.4. The lowest BCUT2D eigenvalue weighted by molar-refractivity contribution is 0.414. The first-order valence-electron chi connectivity index (χ1n) is 6.92. The van der Waals surface area contributed by atoms with Crippen LogP contribution in [0.5, 0.6) is 5.75 Å². The molecule has 5 heteroatoms. The molecule has 0 bridgehead atoms. The third-order valence-electron chi connectivity index (χ3n) is 3.23. The van der Waals surface area contributed by atoms with Crippen molar-refractivity contribution in [1.29, 1.82) is 0 Å². The lowest BCUT2D eigenvalue weighted by Crippen LogP contribution is -2.07. The van der Waals surface area contributed by atoms with Crippen LogP contribution in [0.4, 0.5) is 5.82 Å². The van der Waals surface area contributed by atoms with Crippen molar-refractivity contribution < 1.29 is 4.74 Å². The van der Waals surface area contributed by atoms with Gasteiger partial charge in [0, 0.05) is 13.5 Å². The molecule has 2 rings (SSSR count). The first-order chi connectivity index (χ1) is 10.0. The van der Waals surface area contributed by atoms with E-state index in [0.717, 1.165) is 33.1 Å². The van der Waals surface area contributed by atoms with Crippen LogP contribution in [0.1, 0.15) is 36.8 Å². The molecule has 0 radical (unpaired) electrons. The van der Waals surface area contributed by atoms with E-state index in [1.165, 1.54) is 0 Å². The molecule has 0 aliphatic carbocycles. The summed E-state index contributed by atoms with van der Waals surface area (Å²) >= 11 is 3.58. The van der Waals surface area contributed by atoms with Gasteiger partial charge in [-0.15, -0.1) is 0 Å². The monoisotopic (exact) mass is 349 g/mol. The summed E-state index contributed by atoms with van der Waals surface area (Å²) in [7, 11) is 3.54. The lowest BCUT2D eigenvalue weighted by atomic mass is 10.1. The smallest absolute Gasteiger partial charge is 0.144 e. The predicted octanol–water partition coefficient (Wildman–Crippen LogP) is 4.00. The van der Waals surface area contributed by atoms with Crippen molar-refractivity contribution in [3.05, 3.63) is 45.8 Å². The van der Waals surface area contributed by atoms with E-state index in [2.05, 4.69) is 45.1 Å². The number of anilines is 1. The van der Waals surface area contributed by atoms with Crippen LogP contribution < -0.4 is 10.1 Å². The van der Waals surface area contributed by atoms with Gasteiger partial charge in [-0.3, -0.25) is 0 Å². The molecule has 0 fully saturated rings. The second-order valence-corrected chi connectivity index (χ2v) is 5.91. The summed E-state index contributed by atoms with van der Waals surface area (Å²) in [4.78, 5) is 9.26. The largest absolute Gasteiger partial charge is 0.497 e. The average molecular weight is 350 g/mol. The standard InChI is InChI=1S/C16H20BrN3O/c1-10(2)15-14(17)16(18-3)20-13(19-15)9-11-5-7-12(21-4)8-6-11/h5-8,10H,9H2,1-4H3,(H,18,19,20).